The van der Waals surface area contributed by atoms with E-state index in [9.17, 15) is 0 Å². The lowest BCUT2D eigenvalue weighted by Crippen LogP contribution is -2.12. The Balaban J connectivity index is 2.09. The van der Waals surface area contributed by atoms with Crippen LogP contribution in [0.4, 0.5) is 0 Å². The minimum Gasteiger partial charge on any atom is -0.490 e. The van der Waals surface area contributed by atoms with E-state index in [1.54, 1.807) is 0 Å². The fraction of sp³-hybridized carbons (Fsp3) is 0.562. The van der Waals surface area contributed by atoms with Crippen molar-refractivity contribution in [2.24, 2.45) is 0 Å². The first-order valence-electron chi connectivity index (χ1n) is 7.12. The quantitative estimate of drug-likeness (QED) is 0.779. The Morgan fingerprint density at radius 1 is 1.26 bits per heavy atom. The van der Waals surface area contributed by atoms with Gasteiger partial charge in [0.05, 0.1) is 18.8 Å². The molecular weight excluding hydrogens is 238 g/mol. The van der Waals surface area contributed by atoms with Crippen LogP contribution in [0.15, 0.2) is 18.2 Å². The Labute approximate surface area is 115 Å². The normalized spacial score (nSPS) is 15.2. The van der Waals surface area contributed by atoms with Gasteiger partial charge in [-0.1, -0.05) is 6.07 Å². The molecule has 3 heteroatoms. The van der Waals surface area contributed by atoms with Gasteiger partial charge in [0.2, 0.25) is 0 Å². The summed E-state index contributed by atoms with van der Waals surface area (Å²) in [5.41, 5.74) is 1.13. The highest BCUT2D eigenvalue weighted by Gasteiger charge is 2.18. The number of ether oxygens (including phenoxy) is 2. The summed E-state index contributed by atoms with van der Waals surface area (Å²) in [4.78, 5) is 0. The summed E-state index contributed by atoms with van der Waals surface area (Å²) in [6.45, 7) is 2.60. The lowest BCUT2D eigenvalue weighted by atomic mass is 10.1. The molecule has 0 bridgehead atoms. The van der Waals surface area contributed by atoms with Crippen LogP contribution in [-0.2, 0) is 6.42 Å². The monoisotopic (exact) mass is 259 g/mol. The summed E-state index contributed by atoms with van der Waals surface area (Å²) >= 11 is 0. The van der Waals surface area contributed by atoms with Crippen molar-refractivity contribution in [1.29, 1.82) is 5.26 Å². The van der Waals surface area contributed by atoms with E-state index in [0.717, 1.165) is 36.3 Å². The summed E-state index contributed by atoms with van der Waals surface area (Å²) in [6, 6.07) is 8.19. The standard InChI is InChI=1S/C16H21NO2/c1-2-18-16-12-13(6-5-11-17)9-10-15(16)19-14-7-3-4-8-14/h9-10,12,14H,2-8H2,1H3. The highest BCUT2D eigenvalue weighted by atomic mass is 16.5. The first kappa shape index (κ1) is 13.7. The Morgan fingerprint density at radius 3 is 2.74 bits per heavy atom. The third kappa shape index (κ3) is 3.89. The second-order valence-electron chi connectivity index (χ2n) is 4.90. The Kier molecular flexibility index (Phi) is 5.09. The van der Waals surface area contributed by atoms with Gasteiger partial charge >= 0.3 is 0 Å². The van der Waals surface area contributed by atoms with Gasteiger partial charge in [0, 0.05) is 6.42 Å². The fourth-order valence-electron chi connectivity index (χ4n) is 2.46. The van der Waals surface area contributed by atoms with Crippen LogP contribution in [0.1, 0.15) is 44.6 Å². The number of nitrogens with zero attached hydrogens (tertiary/aromatic N) is 1. The van der Waals surface area contributed by atoms with E-state index in [2.05, 4.69) is 6.07 Å². The molecule has 1 fully saturated rings. The lowest BCUT2D eigenvalue weighted by Gasteiger charge is -2.17. The van der Waals surface area contributed by atoms with Crippen LogP contribution >= 0.6 is 0 Å². The SMILES string of the molecule is CCOc1cc(CCC#N)ccc1OC1CCCC1. The second kappa shape index (κ2) is 7.04. The molecule has 1 aromatic rings. The molecule has 0 aromatic heterocycles. The molecule has 0 saturated heterocycles. The van der Waals surface area contributed by atoms with Gasteiger partial charge in [-0.3, -0.25) is 0 Å². The van der Waals surface area contributed by atoms with E-state index in [0.29, 0.717) is 19.1 Å². The molecule has 0 unspecified atom stereocenters. The van der Waals surface area contributed by atoms with Gasteiger partial charge < -0.3 is 9.47 Å². The van der Waals surface area contributed by atoms with Gasteiger partial charge in [0.15, 0.2) is 11.5 Å². The number of hydrogen-bond acceptors (Lipinski definition) is 3. The largest absolute Gasteiger partial charge is 0.490 e. The topological polar surface area (TPSA) is 42.2 Å². The molecule has 0 N–H and O–H groups in total. The van der Waals surface area contributed by atoms with E-state index < -0.39 is 0 Å². The number of rotatable bonds is 6. The molecule has 19 heavy (non-hydrogen) atoms. The van der Waals surface area contributed by atoms with Gasteiger partial charge in [0.25, 0.3) is 0 Å². The van der Waals surface area contributed by atoms with Gasteiger partial charge in [-0.05, 0) is 56.7 Å². The molecule has 1 aliphatic carbocycles. The molecule has 1 saturated carbocycles. The van der Waals surface area contributed by atoms with Crippen LogP contribution in [0.2, 0.25) is 0 Å². The van der Waals surface area contributed by atoms with Crippen LogP contribution in [0.5, 0.6) is 11.5 Å². The van der Waals surface area contributed by atoms with E-state index in [1.165, 1.54) is 12.8 Å². The smallest absolute Gasteiger partial charge is 0.161 e. The minimum absolute atomic E-state index is 0.337. The number of nitriles is 1. The van der Waals surface area contributed by atoms with Crippen molar-refractivity contribution in [2.75, 3.05) is 6.61 Å². The first-order chi connectivity index (χ1) is 9.33. The van der Waals surface area contributed by atoms with Crippen molar-refractivity contribution >= 4 is 0 Å². The van der Waals surface area contributed by atoms with Crippen molar-refractivity contribution in [3.63, 3.8) is 0 Å². The molecule has 0 radical (unpaired) electrons. The molecule has 1 aliphatic rings. The molecule has 102 valence electrons. The van der Waals surface area contributed by atoms with E-state index in [4.69, 9.17) is 14.7 Å². The summed E-state index contributed by atoms with van der Waals surface area (Å²) < 4.78 is 11.7. The van der Waals surface area contributed by atoms with Gasteiger partial charge in [-0.25, -0.2) is 0 Å². The average Bonchev–Trinajstić information content (AvgIpc) is 2.92. The van der Waals surface area contributed by atoms with Crippen LogP contribution in [0.25, 0.3) is 0 Å². The Morgan fingerprint density at radius 2 is 2.05 bits per heavy atom. The Hall–Kier alpha value is -1.69. The molecule has 3 nitrogen and oxygen atoms in total. The van der Waals surface area contributed by atoms with Crippen LogP contribution < -0.4 is 9.47 Å². The van der Waals surface area contributed by atoms with E-state index in [1.807, 2.05) is 25.1 Å². The van der Waals surface area contributed by atoms with Crippen molar-refractivity contribution < 1.29 is 9.47 Å². The van der Waals surface area contributed by atoms with Gasteiger partial charge in [-0.2, -0.15) is 5.26 Å². The summed E-state index contributed by atoms with van der Waals surface area (Å²) in [5.74, 6) is 1.65. The highest BCUT2D eigenvalue weighted by molar-refractivity contribution is 5.43. The average molecular weight is 259 g/mol. The van der Waals surface area contributed by atoms with Gasteiger partial charge in [0.1, 0.15) is 0 Å². The van der Waals surface area contributed by atoms with Crippen LogP contribution in [0.3, 0.4) is 0 Å². The third-order valence-electron chi connectivity index (χ3n) is 3.43. The number of aryl methyl sites for hydroxylation is 1. The van der Waals surface area contributed by atoms with Crippen molar-refractivity contribution in [3.8, 4) is 17.6 Å². The maximum atomic E-state index is 8.64. The zero-order chi connectivity index (χ0) is 13.5. The number of hydrogen-bond donors (Lipinski definition) is 0. The van der Waals surface area contributed by atoms with E-state index >= 15 is 0 Å². The summed E-state index contributed by atoms with van der Waals surface area (Å²) in [5, 5.41) is 8.64. The molecule has 0 atom stereocenters. The molecular formula is C16H21NO2. The Bertz CT molecular complexity index is 445. The first-order valence-corrected chi connectivity index (χ1v) is 7.12. The highest BCUT2D eigenvalue weighted by Crippen LogP contribution is 2.32. The summed E-state index contributed by atoms with van der Waals surface area (Å²) in [6.07, 6.45) is 6.44. The lowest BCUT2D eigenvalue weighted by molar-refractivity contribution is 0.196. The molecule has 1 aromatic carbocycles. The van der Waals surface area contributed by atoms with Crippen molar-refractivity contribution in [3.05, 3.63) is 23.8 Å². The predicted molar refractivity (Wildman–Crippen MR) is 74.4 cm³/mol. The summed E-state index contributed by atoms with van der Waals surface area (Å²) in [7, 11) is 0. The number of benzene rings is 1. The minimum atomic E-state index is 0.337. The molecule has 0 amide bonds. The van der Waals surface area contributed by atoms with Crippen LogP contribution in [-0.4, -0.2) is 12.7 Å². The predicted octanol–water partition coefficient (Wildman–Crippen LogP) is 3.86. The molecule has 2 rings (SSSR count). The maximum absolute atomic E-state index is 8.64. The van der Waals surface area contributed by atoms with E-state index in [-0.39, 0.29) is 0 Å². The molecule has 0 heterocycles. The van der Waals surface area contributed by atoms with Gasteiger partial charge in [-0.15, -0.1) is 0 Å². The second-order valence-corrected chi connectivity index (χ2v) is 4.90. The molecule has 0 aliphatic heterocycles. The fourth-order valence-corrected chi connectivity index (χ4v) is 2.46. The molecule has 0 spiro atoms. The zero-order valence-corrected chi connectivity index (χ0v) is 11.5. The van der Waals surface area contributed by atoms with Crippen LogP contribution in [0, 0.1) is 11.3 Å². The maximum Gasteiger partial charge on any atom is 0.161 e. The van der Waals surface area contributed by atoms with Crippen molar-refractivity contribution in [1.82, 2.24) is 0 Å². The zero-order valence-electron chi connectivity index (χ0n) is 11.5. The third-order valence-corrected chi connectivity index (χ3v) is 3.43. The van der Waals surface area contributed by atoms with Crippen molar-refractivity contribution in [2.45, 2.75) is 51.6 Å².